The quantitative estimate of drug-likeness (QED) is 0.424. The molecule has 0 saturated carbocycles. The standard InChI is InChI=1S/C24H25N3O5/c1-16-10-12-26(13-11-16)21-8-4-18(14-22(21)27(30)31)24(29)25-19-5-2-17(3-6-19)23-9-7-20(15-28)32-23/h2-9,14,16,28H,10-13,15H2,1H3,(H,25,29). The fourth-order valence-corrected chi connectivity index (χ4v) is 3.87. The molecule has 1 fully saturated rings. The van der Waals surface area contributed by atoms with Crippen molar-refractivity contribution in [1.82, 2.24) is 0 Å². The van der Waals surface area contributed by atoms with Crippen LogP contribution >= 0.6 is 0 Å². The van der Waals surface area contributed by atoms with Crippen molar-refractivity contribution in [3.05, 3.63) is 76.0 Å². The van der Waals surface area contributed by atoms with E-state index in [1.807, 2.05) is 4.90 Å². The summed E-state index contributed by atoms with van der Waals surface area (Å²) in [6.07, 6.45) is 1.99. The van der Waals surface area contributed by atoms with Gasteiger partial charge in [0.2, 0.25) is 0 Å². The fourth-order valence-electron chi connectivity index (χ4n) is 3.87. The summed E-state index contributed by atoms with van der Waals surface area (Å²) in [7, 11) is 0. The highest BCUT2D eigenvalue weighted by Gasteiger charge is 2.24. The van der Waals surface area contributed by atoms with E-state index in [0.717, 1.165) is 31.5 Å². The molecule has 1 aliphatic rings. The Labute approximate surface area is 185 Å². The van der Waals surface area contributed by atoms with Crippen LogP contribution in [-0.4, -0.2) is 29.0 Å². The van der Waals surface area contributed by atoms with Gasteiger partial charge in [0.1, 0.15) is 23.8 Å². The summed E-state index contributed by atoms with van der Waals surface area (Å²) in [6, 6.07) is 15.1. The average molecular weight is 435 g/mol. The van der Waals surface area contributed by atoms with Crippen LogP contribution in [0.3, 0.4) is 0 Å². The smallest absolute Gasteiger partial charge is 0.293 e. The van der Waals surface area contributed by atoms with E-state index in [4.69, 9.17) is 9.52 Å². The average Bonchev–Trinajstić information content (AvgIpc) is 3.29. The molecule has 2 aromatic carbocycles. The molecule has 0 bridgehead atoms. The summed E-state index contributed by atoms with van der Waals surface area (Å²) < 4.78 is 5.51. The summed E-state index contributed by atoms with van der Waals surface area (Å²) in [5, 5.41) is 23.6. The monoisotopic (exact) mass is 435 g/mol. The van der Waals surface area contributed by atoms with E-state index in [-0.39, 0.29) is 17.9 Å². The van der Waals surface area contributed by atoms with Crippen molar-refractivity contribution in [2.24, 2.45) is 5.92 Å². The number of aliphatic hydroxyl groups is 1. The van der Waals surface area contributed by atoms with E-state index in [9.17, 15) is 14.9 Å². The lowest BCUT2D eigenvalue weighted by atomic mass is 9.98. The fraction of sp³-hybridized carbons (Fsp3) is 0.292. The van der Waals surface area contributed by atoms with E-state index in [1.54, 1.807) is 48.5 Å². The first-order valence-electron chi connectivity index (χ1n) is 10.6. The Morgan fingerprint density at radius 2 is 1.88 bits per heavy atom. The number of anilines is 2. The molecule has 0 unspecified atom stereocenters. The number of furan rings is 1. The largest absolute Gasteiger partial charge is 0.459 e. The molecule has 2 heterocycles. The molecule has 1 saturated heterocycles. The van der Waals surface area contributed by atoms with Gasteiger partial charge in [-0.25, -0.2) is 0 Å². The van der Waals surface area contributed by atoms with Gasteiger partial charge in [-0.05, 0) is 67.3 Å². The van der Waals surface area contributed by atoms with Gasteiger partial charge in [0.05, 0.1) is 4.92 Å². The van der Waals surface area contributed by atoms with E-state index >= 15 is 0 Å². The Kier molecular flexibility index (Phi) is 6.23. The summed E-state index contributed by atoms with van der Waals surface area (Å²) in [5.74, 6) is 1.29. The third kappa shape index (κ3) is 4.65. The highest BCUT2D eigenvalue weighted by Crippen LogP contribution is 2.32. The number of nitro benzene ring substituents is 1. The number of aliphatic hydroxyl groups excluding tert-OH is 1. The number of nitrogens with zero attached hydrogens (tertiary/aromatic N) is 2. The predicted octanol–water partition coefficient (Wildman–Crippen LogP) is 4.84. The first kappa shape index (κ1) is 21.6. The molecule has 2 N–H and O–H groups in total. The Morgan fingerprint density at radius 3 is 2.50 bits per heavy atom. The molecule has 1 amide bonds. The molecular formula is C24H25N3O5. The second-order valence-electron chi connectivity index (χ2n) is 8.09. The third-order valence-electron chi connectivity index (χ3n) is 5.80. The minimum Gasteiger partial charge on any atom is -0.459 e. The first-order chi connectivity index (χ1) is 15.4. The summed E-state index contributed by atoms with van der Waals surface area (Å²) >= 11 is 0. The van der Waals surface area contributed by atoms with Crippen LogP contribution in [0, 0.1) is 16.0 Å². The van der Waals surface area contributed by atoms with Crippen molar-refractivity contribution in [3.63, 3.8) is 0 Å². The van der Waals surface area contributed by atoms with Gasteiger partial charge in [-0.1, -0.05) is 6.92 Å². The van der Waals surface area contributed by atoms with Gasteiger partial charge in [-0.2, -0.15) is 0 Å². The Bertz CT molecular complexity index is 1110. The molecule has 0 atom stereocenters. The second-order valence-corrected chi connectivity index (χ2v) is 8.09. The van der Waals surface area contributed by atoms with Crippen LogP contribution in [0.15, 0.2) is 59.0 Å². The zero-order chi connectivity index (χ0) is 22.7. The number of carbonyl (C=O) groups is 1. The molecule has 32 heavy (non-hydrogen) atoms. The number of nitro groups is 1. The van der Waals surface area contributed by atoms with Crippen LogP contribution in [0.4, 0.5) is 17.1 Å². The van der Waals surface area contributed by atoms with Crippen molar-refractivity contribution in [2.45, 2.75) is 26.4 Å². The third-order valence-corrected chi connectivity index (χ3v) is 5.80. The lowest BCUT2D eigenvalue weighted by Gasteiger charge is -2.31. The molecule has 0 spiro atoms. The lowest BCUT2D eigenvalue weighted by Crippen LogP contribution is -2.33. The van der Waals surface area contributed by atoms with Gasteiger partial charge in [0.15, 0.2) is 0 Å². The van der Waals surface area contributed by atoms with Crippen LogP contribution in [0.1, 0.15) is 35.9 Å². The number of rotatable bonds is 6. The number of amides is 1. The van der Waals surface area contributed by atoms with E-state index < -0.39 is 10.8 Å². The van der Waals surface area contributed by atoms with Crippen molar-refractivity contribution in [3.8, 4) is 11.3 Å². The van der Waals surface area contributed by atoms with E-state index in [2.05, 4.69) is 12.2 Å². The van der Waals surface area contributed by atoms with Gasteiger partial charge in [-0.15, -0.1) is 0 Å². The molecule has 166 valence electrons. The first-order valence-corrected chi connectivity index (χ1v) is 10.6. The van der Waals surface area contributed by atoms with Gasteiger partial charge in [0.25, 0.3) is 11.6 Å². The molecule has 0 radical (unpaired) electrons. The van der Waals surface area contributed by atoms with Crippen LogP contribution in [0.5, 0.6) is 0 Å². The normalized spacial score (nSPS) is 14.4. The SMILES string of the molecule is CC1CCN(c2ccc(C(=O)Nc3ccc(-c4ccc(CO)o4)cc3)cc2[N+](=O)[O-])CC1. The van der Waals surface area contributed by atoms with Gasteiger partial charge in [-0.3, -0.25) is 14.9 Å². The molecule has 4 rings (SSSR count). The van der Waals surface area contributed by atoms with Crippen molar-refractivity contribution >= 4 is 23.0 Å². The maximum Gasteiger partial charge on any atom is 0.293 e. The molecule has 8 heteroatoms. The summed E-state index contributed by atoms with van der Waals surface area (Å²) in [5.41, 5.74) is 2.10. The number of hydrogen-bond acceptors (Lipinski definition) is 6. The topological polar surface area (TPSA) is 109 Å². The summed E-state index contributed by atoms with van der Waals surface area (Å²) in [6.45, 7) is 3.56. The molecule has 1 aromatic heterocycles. The van der Waals surface area contributed by atoms with Crippen molar-refractivity contribution in [2.75, 3.05) is 23.3 Å². The molecule has 0 aliphatic carbocycles. The molecule has 1 aliphatic heterocycles. The molecule has 8 nitrogen and oxygen atoms in total. The van der Waals surface area contributed by atoms with E-state index in [0.29, 0.717) is 28.8 Å². The number of carbonyl (C=O) groups excluding carboxylic acids is 1. The minimum atomic E-state index is -0.428. The molecular weight excluding hydrogens is 410 g/mol. The van der Waals surface area contributed by atoms with Crippen molar-refractivity contribution < 1.29 is 19.2 Å². The lowest BCUT2D eigenvalue weighted by molar-refractivity contribution is -0.384. The Balaban J connectivity index is 1.49. The zero-order valence-corrected chi connectivity index (χ0v) is 17.8. The minimum absolute atomic E-state index is 0.0555. The van der Waals surface area contributed by atoms with Crippen LogP contribution < -0.4 is 10.2 Å². The second kappa shape index (κ2) is 9.23. The summed E-state index contributed by atoms with van der Waals surface area (Å²) in [4.78, 5) is 26.0. The highest BCUT2D eigenvalue weighted by atomic mass is 16.6. The number of nitrogens with one attached hydrogen (secondary N) is 1. The maximum atomic E-state index is 12.7. The Morgan fingerprint density at radius 1 is 1.16 bits per heavy atom. The van der Waals surface area contributed by atoms with E-state index in [1.165, 1.54) is 6.07 Å². The van der Waals surface area contributed by atoms with Gasteiger partial charge in [0, 0.05) is 36.0 Å². The van der Waals surface area contributed by atoms with Crippen LogP contribution in [0.25, 0.3) is 11.3 Å². The predicted molar refractivity (Wildman–Crippen MR) is 122 cm³/mol. The van der Waals surface area contributed by atoms with Crippen LogP contribution in [0.2, 0.25) is 0 Å². The Hall–Kier alpha value is -3.65. The zero-order valence-electron chi connectivity index (χ0n) is 17.8. The number of piperidine rings is 1. The number of benzene rings is 2. The highest BCUT2D eigenvalue weighted by molar-refractivity contribution is 6.05. The van der Waals surface area contributed by atoms with Crippen molar-refractivity contribution in [1.29, 1.82) is 0 Å². The van der Waals surface area contributed by atoms with Gasteiger partial charge >= 0.3 is 0 Å². The van der Waals surface area contributed by atoms with Gasteiger partial charge < -0.3 is 19.7 Å². The number of hydrogen-bond donors (Lipinski definition) is 2. The van der Waals surface area contributed by atoms with Crippen LogP contribution in [-0.2, 0) is 6.61 Å². The molecule has 3 aromatic rings. The maximum absolute atomic E-state index is 12.7.